The first-order valence-corrected chi connectivity index (χ1v) is 7.33. The van der Waals surface area contributed by atoms with Crippen molar-refractivity contribution in [3.63, 3.8) is 0 Å². The minimum absolute atomic E-state index is 0.712. The van der Waals surface area contributed by atoms with Gasteiger partial charge in [0, 0.05) is 23.2 Å². The molecule has 0 aliphatic rings. The molecule has 2 aromatic rings. The van der Waals surface area contributed by atoms with E-state index in [0.717, 1.165) is 23.6 Å². The highest BCUT2D eigenvalue weighted by Gasteiger charge is 2.07. The van der Waals surface area contributed by atoms with Crippen LogP contribution in [0.3, 0.4) is 0 Å². The fraction of sp³-hybridized carbons (Fsp3) is 0.333. The van der Waals surface area contributed by atoms with Crippen molar-refractivity contribution in [2.75, 3.05) is 11.9 Å². The Morgan fingerprint density at radius 2 is 1.95 bits per heavy atom. The lowest BCUT2D eigenvalue weighted by atomic mass is 10.2. The van der Waals surface area contributed by atoms with Crippen molar-refractivity contribution in [1.82, 2.24) is 9.97 Å². The van der Waals surface area contributed by atoms with Crippen molar-refractivity contribution in [1.29, 1.82) is 0 Å². The quantitative estimate of drug-likeness (QED) is 0.833. The lowest BCUT2D eigenvalue weighted by molar-refractivity contribution is 0.925. The van der Waals surface area contributed by atoms with Crippen LogP contribution < -0.4 is 5.32 Å². The molecule has 0 atom stereocenters. The van der Waals surface area contributed by atoms with Gasteiger partial charge in [0.2, 0.25) is 5.95 Å². The lowest BCUT2D eigenvalue weighted by Gasteiger charge is -2.09. The molecular weight excluding hydrogens is 254 g/mol. The normalized spacial score (nSPS) is 10.5. The van der Waals surface area contributed by atoms with Gasteiger partial charge < -0.3 is 5.32 Å². The summed E-state index contributed by atoms with van der Waals surface area (Å²) in [5.41, 5.74) is 2.38. The van der Waals surface area contributed by atoms with Crippen LogP contribution in [-0.2, 0) is 0 Å². The molecule has 0 saturated heterocycles. The van der Waals surface area contributed by atoms with Crippen LogP contribution >= 0.6 is 11.8 Å². The van der Waals surface area contributed by atoms with Gasteiger partial charge in [-0.15, -0.1) is 0 Å². The van der Waals surface area contributed by atoms with E-state index in [-0.39, 0.29) is 0 Å². The second kappa shape index (κ2) is 6.57. The Bertz CT molecular complexity index is 555. The first-order chi connectivity index (χ1) is 9.20. The van der Waals surface area contributed by atoms with Gasteiger partial charge in [0.15, 0.2) is 0 Å². The van der Waals surface area contributed by atoms with Crippen molar-refractivity contribution in [3.05, 3.63) is 41.6 Å². The molecule has 19 heavy (non-hydrogen) atoms. The Balaban J connectivity index is 2.21. The Kier molecular flexibility index (Phi) is 4.80. The van der Waals surface area contributed by atoms with Crippen molar-refractivity contribution < 1.29 is 0 Å². The number of nitrogens with zero attached hydrogens (tertiary/aromatic N) is 2. The summed E-state index contributed by atoms with van der Waals surface area (Å²) in [7, 11) is 0. The topological polar surface area (TPSA) is 37.8 Å². The number of benzene rings is 1. The van der Waals surface area contributed by atoms with E-state index < -0.39 is 0 Å². The lowest BCUT2D eigenvalue weighted by Crippen LogP contribution is -2.05. The molecule has 0 aliphatic carbocycles. The summed E-state index contributed by atoms with van der Waals surface area (Å²) in [5.74, 6) is 0.712. The van der Waals surface area contributed by atoms with Crippen molar-refractivity contribution >= 4 is 17.7 Å². The molecule has 0 saturated carbocycles. The largest absolute Gasteiger partial charge is 0.354 e. The van der Waals surface area contributed by atoms with Crippen molar-refractivity contribution in [2.24, 2.45) is 0 Å². The zero-order valence-corrected chi connectivity index (χ0v) is 12.4. The second-order valence-electron chi connectivity index (χ2n) is 4.48. The monoisotopic (exact) mass is 273 g/mol. The maximum atomic E-state index is 4.59. The number of rotatable bonds is 5. The van der Waals surface area contributed by atoms with Crippen LogP contribution in [-0.4, -0.2) is 16.5 Å². The molecule has 1 N–H and O–H groups in total. The molecule has 0 aliphatic heterocycles. The minimum atomic E-state index is 0.712. The fourth-order valence-corrected chi connectivity index (χ4v) is 2.56. The summed E-state index contributed by atoms with van der Waals surface area (Å²) in [5, 5.41) is 4.24. The number of aromatic nitrogens is 2. The highest BCUT2D eigenvalue weighted by Crippen LogP contribution is 2.30. The van der Waals surface area contributed by atoms with E-state index in [9.17, 15) is 0 Å². The minimum Gasteiger partial charge on any atom is -0.354 e. The van der Waals surface area contributed by atoms with Gasteiger partial charge >= 0.3 is 0 Å². The Morgan fingerprint density at radius 3 is 2.68 bits per heavy atom. The standard InChI is InChI=1S/C15H19N3S/c1-4-9-16-15-17-10-12(3)14(18-15)19-13-8-6-5-7-11(13)2/h5-8,10H,4,9H2,1-3H3,(H,16,17,18). The highest BCUT2D eigenvalue weighted by molar-refractivity contribution is 7.99. The molecule has 0 bridgehead atoms. The Labute approximate surface area is 118 Å². The van der Waals surface area contributed by atoms with Crippen LogP contribution in [0.25, 0.3) is 0 Å². The van der Waals surface area contributed by atoms with Gasteiger partial charge in [-0.1, -0.05) is 36.9 Å². The number of aryl methyl sites for hydroxylation is 2. The average molecular weight is 273 g/mol. The average Bonchev–Trinajstić information content (AvgIpc) is 2.42. The predicted molar refractivity (Wildman–Crippen MR) is 80.9 cm³/mol. The first-order valence-electron chi connectivity index (χ1n) is 6.51. The Hall–Kier alpha value is -1.55. The predicted octanol–water partition coefficient (Wildman–Crippen LogP) is 4.07. The summed E-state index contributed by atoms with van der Waals surface area (Å²) in [6, 6.07) is 8.36. The van der Waals surface area contributed by atoms with Crippen molar-refractivity contribution in [2.45, 2.75) is 37.1 Å². The molecule has 0 fully saturated rings. The van der Waals surface area contributed by atoms with E-state index in [2.05, 4.69) is 53.4 Å². The molecule has 100 valence electrons. The van der Waals surface area contributed by atoms with Gasteiger partial charge in [-0.05, 0) is 31.9 Å². The third-order valence-corrected chi connectivity index (χ3v) is 4.04. The summed E-state index contributed by atoms with van der Waals surface area (Å²) in [4.78, 5) is 10.1. The maximum Gasteiger partial charge on any atom is 0.223 e. The zero-order chi connectivity index (χ0) is 13.7. The molecule has 1 aromatic heterocycles. The van der Waals surface area contributed by atoms with Crippen molar-refractivity contribution in [3.8, 4) is 0 Å². The number of anilines is 1. The van der Waals surface area contributed by atoms with E-state index in [4.69, 9.17) is 0 Å². The van der Waals surface area contributed by atoms with Crippen LogP contribution in [0.15, 0.2) is 40.4 Å². The number of hydrogen-bond acceptors (Lipinski definition) is 4. The molecule has 0 amide bonds. The van der Waals surface area contributed by atoms with E-state index >= 15 is 0 Å². The molecule has 0 unspecified atom stereocenters. The van der Waals surface area contributed by atoms with Gasteiger partial charge in [-0.25, -0.2) is 9.97 Å². The Morgan fingerprint density at radius 1 is 1.16 bits per heavy atom. The summed E-state index contributed by atoms with van der Waals surface area (Å²) in [6.45, 7) is 7.20. The molecular formula is C15H19N3S. The molecule has 0 spiro atoms. The first kappa shape index (κ1) is 13.9. The zero-order valence-electron chi connectivity index (χ0n) is 11.6. The second-order valence-corrected chi connectivity index (χ2v) is 5.51. The molecule has 3 nitrogen and oxygen atoms in total. The molecule has 1 heterocycles. The number of hydrogen-bond donors (Lipinski definition) is 1. The molecule has 0 radical (unpaired) electrons. The maximum absolute atomic E-state index is 4.59. The van der Waals surface area contributed by atoms with Crippen LogP contribution in [0.1, 0.15) is 24.5 Å². The van der Waals surface area contributed by atoms with Crippen LogP contribution in [0.2, 0.25) is 0 Å². The highest BCUT2D eigenvalue weighted by atomic mass is 32.2. The molecule has 4 heteroatoms. The van der Waals surface area contributed by atoms with Crippen LogP contribution in [0.4, 0.5) is 5.95 Å². The number of nitrogens with one attached hydrogen (secondary N) is 1. The van der Waals surface area contributed by atoms with Gasteiger partial charge in [-0.2, -0.15) is 0 Å². The smallest absolute Gasteiger partial charge is 0.223 e. The van der Waals surface area contributed by atoms with E-state index in [1.54, 1.807) is 11.8 Å². The van der Waals surface area contributed by atoms with Gasteiger partial charge in [-0.3, -0.25) is 0 Å². The van der Waals surface area contributed by atoms with Gasteiger partial charge in [0.05, 0.1) is 0 Å². The third kappa shape index (κ3) is 3.70. The van der Waals surface area contributed by atoms with E-state index in [1.807, 2.05) is 13.1 Å². The molecule has 2 rings (SSSR count). The van der Waals surface area contributed by atoms with Crippen LogP contribution in [0, 0.1) is 13.8 Å². The summed E-state index contributed by atoms with van der Waals surface area (Å²) < 4.78 is 0. The molecule has 1 aromatic carbocycles. The van der Waals surface area contributed by atoms with Gasteiger partial charge in [0.25, 0.3) is 0 Å². The van der Waals surface area contributed by atoms with E-state index in [1.165, 1.54) is 10.5 Å². The third-order valence-electron chi connectivity index (χ3n) is 2.76. The summed E-state index contributed by atoms with van der Waals surface area (Å²) in [6.07, 6.45) is 2.95. The SMILES string of the molecule is CCCNc1ncc(C)c(Sc2ccccc2C)n1. The summed E-state index contributed by atoms with van der Waals surface area (Å²) >= 11 is 1.70. The fourth-order valence-electron chi connectivity index (χ4n) is 1.63. The van der Waals surface area contributed by atoms with E-state index in [0.29, 0.717) is 5.95 Å². The van der Waals surface area contributed by atoms with Crippen LogP contribution in [0.5, 0.6) is 0 Å². The van der Waals surface area contributed by atoms with Gasteiger partial charge in [0.1, 0.15) is 5.03 Å².